The second kappa shape index (κ2) is 5.45. The summed E-state index contributed by atoms with van der Waals surface area (Å²) < 4.78 is 0. The van der Waals surface area contributed by atoms with E-state index in [1.165, 1.54) is 31.2 Å². The number of aromatic nitrogens is 1. The third-order valence-corrected chi connectivity index (χ3v) is 5.77. The van der Waals surface area contributed by atoms with E-state index in [2.05, 4.69) is 15.5 Å². The van der Waals surface area contributed by atoms with Gasteiger partial charge in [0.1, 0.15) is 5.69 Å². The second-order valence-corrected chi connectivity index (χ2v) is 7.01. The number of fused-ring (bicyclic) bond motifs is 3. The molecule has 3 aliphatic rings. The monoisotopic (exact) mass is 299 g/mol. The van der Waals surface area contributed by atoms with Gasteiger partial charge < -0.3 is 5.32 Å². The lowest BCUT2D eigenvalue weighted by Gasteiger charge is -2.27. The molecule has 116 valence electrons. The fourth-order valence-corrected chi connectivity index (χ4v) is 4.72. The normalized spacial score (nSPS) is 29.2. The minimum Gasteiger partial charge on any atom is -0.381 e. The van der Waals surface area contributed by atoms with Gasteiger partial charge in [-0.05, 0) is 67.9 Å². The minimum absolute atomic E-state index is 0.267. The van der Waals surface area contributed by atoms with E-state index < -0.39 is 5.91 Å². The highest BCUT2D eigenvalue weighted by molar-refractivity contribution is 5.95. The molecule has 0 aromatic carbocycles. The van der Waals surface area contributed by atoms with E-state index in [1.54, 1.807) is 6.20 Å². The number of carbonyl (C=O) groups excluding carboxylic acids is 1. The van der Waals surface area contributed by atoms with Crippen LogP contribution in [0.4, 0.5) is 5.69 Å². The van der Waals surface area contributed by atoms with Crippen LogP contribution in [-0.2, 0) is 12.8 Å². The fraction of sp³-hybridized carbons (Fsp3) is 0.647. The number of rotatable bonds is 3. The van der Waals surface area contributed by atoms with Gasteiger partial charge in [0.05, 0.1) is 11.9 Å². The van der Waals surface area contributed by atoms with Gasteiger partial charge in [0, 0.05) is 11.2 Å². The highest BCUT2D eigenvalue weighted by atomic mass is 16.3. The molecule has 1 aromatic rings. The molecule has 1 heterocycles. The number of nitroso groups, excluding NO2 is 1. The summed E-state index contributed by atoms with van der Waals surface area (Å²) in [6.07, 6.45) is 11.0. The molecule has 1 N–H and O–H groups in total. The molecule has 22 heavy (non-hydrogen) atoms. The van der Waals surface area contributed by atoms with E-state index in [4.69, 9.17) is 0 Å². The van der Waals surface area contributed by atoms with Gasteiger partial charge in [0.15, 0.2) is 0 Å². The first-order valence-electron chi connectivity index (χ1n) is 8.41. The van der Waals surface area contributed by atoms with Gasteiger partial charge in [-0.25, -0.2) is 4.98 Å². The zero-order valence-corrected chi connectivity index (χ0v) is 12.7. The van der Waals surface area contributed by atoms with E-state index >= 15 is 0 Å². The number of anilines is 1. The van der Waals surface area contributed by atoms with Gasteiger partial charge in [-0.15, -0.1) is 4.91 Å². The van der Waals surface area contributed by atoms with Crippen molar-refractivity contribution in [3.8, 4) is 0 Å². The Morgan fingerprint density at radius 2 is 2.00 bits per heavy atom. The first-order valence-corrected chi connectivity index (χ1v) is 8.41. The Balaban J connectivity index is 1.65. The molecule has 2 saturated carbocycles. The molecule has 0 spiro atoms. The van der Waals surface area contributed by atoms with Gasteiger partial charge in [-0.2, -0.15) is 0 Å². The Hall–Kier alpha value is -1.78. The van der Waals surface area contributed by atoms with Crippen LogP contribution in [0.25, 0.3) is 0 Å². The summed E-state index contributed by atoms with van der Waals surface area (Å²) in [5.41, 5.74) is 3.48. The molecule has 0 radical (unpaired) electrons. The highest BCUT2D eigenvalue weighted by Crippen LogP contribution is 2.46. The summed E-state index contributed by atoms with van der Waals surface area (Å²) in [7, 11) is 0. The maximum Gasteiger partial charge on any atom is 0.335 e. The molecule has 2 fully saturated rings. The lowest BCUT2D eigenvalue weighted by Crippen LogP contribution is -2.27. The quantitative estimate of drug-likeness (QED) is 0.867. The molecule has 5 nitrogen and oxygen atoms in total. The van der Waals surface area contributed by atoms with Crippen molar-refractivity contribution in [1.82, 2.24) is 4.98 Å². The largest absolute Gasteiger partial charge is 0.381 e. The van der Waals surface area contributed by atoms with Crippen LogP contribution < -0.4 is 5.32 Å². The number of amides is 1. The first kappa shape index (κ1) is 13.9. The van der Waals surface area contributed by atoms with Gasteiger partial charge in [-0.1, -0.05) is 6.42 Å². The Bertz CT molecular complexity index is 629. The summed E-state index contributed by atoms with van der Waals surface area (Å²) >= 11 is 0. The zero-order valence-electron chi connectivity index (χ0n) is 12.7. The molecule has 0 saturated heterocycles. The van der Waals surface area contributed by atoms with Gasteiger partial charge in [0.25, 0.3) is 0 Å². The van der Waals surface area contributed by atoms with E-state index in [0.717, 1.165) is 48.8 Å². The molecular formula is C17H21N3O2. The SMILES string of the molecule is O=NC(=O)c1ncc(N[C@@H]2C[C@H]3CC[C@@H]2C3)c2c1CCCC2. The molecule has 4 rings (SSSR count). The molecule has 1 aromatic heterocycles. The Morgan fingerprint density at radius 1 is 1.18 bits per heavy atom. The third-order valence-electron chi connectivity index (χ3n) is 5.77. The molecule has 0 unspecified atom stereocenters. The average molecular weight is 299 g/mol. The number of hydrogen-bond acceptors (Lipinski definition) is 4. The molecule has 0 aliphatic heterocycles. The van der Waals surface area contributed by atoms with Crippen LogP contribution in [0.5, 0.6) is 0 Å². The van der Waals surface area contributed by atoms with Gasteiger partial charge in [-0.3, -0.25) is 4.79 Å². The highest BCUT2D eigenvalue weighted by Gasteiger charge is 2.39. The number of carbonyl (C=O) groups is 1. The van der Waals surface area contributed by atoms with Crippen molar-refractivity contribution >= 4 is 11.6 Å². The van der Waals surface area contributed by atoms with Crippen LogP contribution >= 0.6 is 0 Å². The van der Waals surface area contributed by atoms with E-state index in [-0.39, 0.29) is 5.69 Å². The van der Waals surface area contributed by atoms with Crippen molar-refractivity contribution in [2.75, 3.05) is 5.32 Å². The van der Waals surface area contributed by atoms with Crippen LogP contribution in [0.1, 0.15) is 60.1 Å². The number of pyridine rings is 1. The van der Waals surface area contributed by atoms with E-state index in [9.17, 15) is 9.70 Å². The van der Waals surface area contributed by atoms with Crippen molar-refractivity contribution in [1.29, 1.82) is 0 Å². The average Bonchev–Trinajstić information content (AvgIpc) is 3.17. The first-order chi connectivity index (χ1) is 10.8. The van der Waals surface area contributed by atoms with Gasteiger partial charge >= 0.3 is 5.91 Å². The summed E-state index contributed by atoms with van der Waals surface area (Å²) in [6, 6.07) is 0.553. The van der Waals surface area contributed by atoms with Crippen LogP contribution in [0.2, 0.25) is 0 Å². The van der Waals surface area contributed by atoms with Crippen molar-refractivity contribution < 1.29 is 4.79 Å². The van der Waals surface area contributed by atoms with Crippen molar-refractivity contribution in [3.63, 3.8) is 0 Å². The number of nitrogens with one attached hydrogen (secondary N) is 1. The summed E-state index contributed by atoms with van der Waals surface area (Å²) in [6.45, 7) is 0. The lowest BCUT2D eigenvalue weighted by atomic mass is 9.88. The molecular weight excluding hydrogens is 278 g/mol. The fourth-order valence-electron chi connectivity index (χ4n) is 4.72. The van der Waals surface area contributed by atoms with Crippen LogP contribution in [0, 0.1) is 16.7 Å². The van der Waals surface area contributed by atoms with Crippen molar-refractivity contribution in [3.05, 3.63) is 27.9 Å². The summed E-state index contributed by atoms with van der Waals surface area (Å²) in [5, 5.41) is 6.26. The number of nitrogens with zero attached hydrogens (tertiary/aromatic N) is 2. The summed E-state index contributed by atoms with van der Waals surface area (Å²) in [4.78, 5) is 26.5. The molecule has 5 heteroatoms. The predicted octanol–water partition coefficient (Wildman–Crippen LogP) is 3.47. The lowest BCUT2D eigenvalue weighted by molar-refractivity contribution is 0.0995. The van der Waals surface area contributed by atoms with Crippen molar-refractivity contribution in [2.45, 2.75) is 57.4 Å². The topological polar surface area (TPSA) is 71.4 Å². The van der Waals surface area contributed by atoms with Crippen LogP contribution in [0.15, 0.2) is 11.4 Å². The van der Waals surface area contributed by atoms with Crippen LogP contribution in [0.3, 0.4) is 0 Å². The predicted molar refractivity (Wildman–Crippen MR) is 83.9 cm³/mol. The third kappa shape index (κ3) is 2.23. The molecule has 3 aliphatic carbocycles. The van der Waals surface area contributed by atoms with Crippen LogP contribution in [-0.4, -0.2) is 16.9 Å². The Morgan fingerprint density at radius 3 is 2.68 bits per heavy atom. The zero-order chi connectivity index (χ0) is 15.1. The van der Waals surface area contributed by atoms with Crippen molar-refractivity contribution in [2.24, 2.45) is 17.0 Å². The maximum atomic E-state index is 11.7. The Labute approximate surface area is 129 Å². The molecule has 3 atom stereocenters. The molecule has 1 amide bonds. The standard InChI is InChI=1S/C17H21N3O2/c21-17(20-22)16-13-4-2-1-3-12(13)15(9-18-16)19-14-8-10-5-6-11(14)7-10/h9-11,14,19H,1-8H2/t10-,11+,14+/m0/s1. The Kier molecular flexibility index (Phi) is 3.43. The second-order valence-electron chi connectivity index (χ2n) is 7.01. The minimum atomic E-state index is -0.732. The molecule has 2 bridgehead atoms. The maximum absolute atomic E-state index is 11.7. The van der Waals surface area contributed by atoms with E-state index in [1.807, 2.05) is 0 Å². The summed E-state index contributed by atoms with van der Waals surface area (Å²) in [5.74, 6) is 0.957. The number of hydrogen-bond donors (Lipinski definition) is 1. The van der Waals surface area contributed by atoms with Gasteiger partial charge in [0.2, 0.25) is 0 Å². The van der Waals surface area contributed by atoms with E-state index in [0.29, 0.717) is 6.04 Å². The smallest absolute Gasteiger partial charge is 0.335 e.